The van der Waals surface area contributed by atoms with Crippen LogP contribution in [-0.2, 0) is 14.3 Å². The molecule has 166 valence electrons. The maximum absolute atomic E-state index is 13.3. The molecule has 2 heterocycles. The number of aldehydes is 1. The number of halogens is 2. The summed E-state index contributed by atoms with van der Waals surface area (Å²) in [4.78, 5) is 34.1. The van der Waals surface area contributed by atoms with Gasteiger partial charge in [-0.15, -0.1) is 8.78 Å². The highest BCUT2D eigenvalue weighted by atomic mass is 19.3. The van der Waals surface area contributed by atoms with E-state index in [1.54, 1.807) is 20.8 Å². The molecule has 1 atom stereocenters. The Labute approximate surface area is 172 Å². The number of benzene rings is 1. The van der Waals surface area contributed by atoms with Gasteiger partial charge in [-0.25, -0.2) is 4.79 Å². The minimum Gasteiger partial charge on any atom is -0.471 e. The number of hydrogen-bond acceptors (Lipinski definition) is 8. The molecular weight excluding hydrogens is 406 g/mol. The highest BCUT2D eigenvalue weighted by Crippen LogP contribution is 2.46. The number of anilines is 1. The van der Waals surface area contributed by atoms with Gasteiger partial charge in [0.15, 0.2) is 17.8 Å². The Kier molecular flexibility index (Phi) is 7.06. The standard InChI is InChI=1S/C17H20F2N2O5.C2H4O2/c1-16(2,3)26-15(23)20-10-6-7-21(8-10)12-4-5-13-14(11(12)9-22)25-17(18,19)24-13;1-4-2-3/h4-5,9-10H,6-8H2,1-3H3,(H,20,23);2H,1H3. The lowest BCUT2D eigenvalue weighted by Gasteiger charge is -2.23. The van der Waals surface area contributed by atoms with Crippen LogP contribution < -0.4 is 19.7 Å². The van der Waals surface area contributed by atoms with E-state index in [4.69, 9.17) is 9.53 Å². The zero-order valence-electron chi connectivity index (χ0n) is 17.1. The molecule has 2 aliphatic heterocycles. The highest BCUT2D eigenvalue weighted by molar-refractivity contribution is 5.90. The molecule has 0 bridgehead atoms. The van der Waals surface area contributed by atoms with Crippen LogP contribution in [0.5, 0.6) is 11.5 Å². The Hall–Kier alpha value is -3.11. The smallest absolute Gasteiger partial charge is 0.471 e. The number of alkyl carbamates (subject to hydrolysis) is 1. The van der Waals surface area contributed by atoms with Gasteiger partial charge in [-0.3, -0.25) is 9.59 Å². The SMILES string of the molecule is CC(C)(C)OC(=O)NC1CCN(c2ccc3c(c2C=O)OC(F)(F)O3)C1.COC=O. The molecule has 1 N–H and O–H groups in total. The van der Waals surface area contributed by atoms with Gasteiger partial charge in [0.1, 0.15) is 5.60 Å². The second kappa shape index (κ2) is 9.14. The van der Waals surface area contributed by atoms with Gasteiger partial charge in [0, 0.05) is 13.1 Å². The van der Waals surface area contributed by atoms with Crippen LogP contribution in [0.1, 0.15) is 37.6 Å². The Balaban J connectivity index is 0.000000735. The van der Waals surface area contributed by atoms with Gasteiger partial charge >= 0.3 is 12.4 Å². The number of alkyl halides is 2. The van der Waals surface area contributed by atoms with Crippen molar-refractivity contribution in [1.29, 1.82) is 0 Å². The summed E-state index contributed by atoms with van der Waals surface area (Å²) in [6.45, 7) is 6.64. The zero-order valence-corrected chi connectivity index (χ0v) is 17.1. The fourth-order valence-corrected chi connectivity index (χ4v) is 2.98. The van der Waals surface area contributed by atoms with E-state index in [9.17, 15) is 18.4 Å². The van der Waals surface area contributed by atoms with Crippen molar-refractivity contribution in [2.75, 3.05) is 25.1 Å². The monoisotopic (exact) mass is 430 g/mol. The number of fused-ring (bicyclic) bond motifs is 1. The molecule has 1 unspecified atom stereocenters. The second-order valence-electron chi connectivity index (χ2n) is 7.52. The van der Waals surface area contributed by atoms with Crippen molar-refractivity contribution in [2.45, 2.75) is 45.1 Å². The molecular formula is C19H24F2N2O7. The predicted octanol–water partition coefficient (Wildman–Crippen LogP) is 2.71. The summed E-state index contributed by atoms with van der Waals surface area (Å²) in [7, 11) is 1.31. The Morgan fingerprint density at radius 3 is 2.53 bits per heavy atom. The summed E-state index contributed by atoms with van der Waals surface area (Å²) in [5, 5.41) is 2.77. The second-order valence-corrected chi connectivity index (χ2v) is 7.52. The highest BCUT2D eigenvalue weighted by Gasteiger charge is 2.45. The molecule has 1 aromatic rings. The van der Waals surface area contributed by atoms with Crippen LogP contribution >= 0.6 is 0 Å². The first-order valence-electron chi connectivity index (χ1n) is 9.08. The topological polar surface area (TPSA) is 103 Å². The van der Waals surface area contributed by atoms with Gasteiger partial charge in [-0.05, 0) is 39.3 Å². The summed E-state index contributed by atoms with van der Waals surface area (Å²) in [5.74, 6) is -0.450. The van der Waals surface area contributed by atoms with Gasteiger partial charge < -0.3 is 29.2 Å². The van der Waals surface area contributed by atoms with E-state index in [1.165, 1.54) is 19.2 Å². The van der Waals surface area contributed by atoms with Crippen LogP contribution in [0.3, 0.4) is 0 Å². The van der Waals surface area contributed by atoms with E-state index in [2.05, 4.69) is 19.5 Å². The molecule has 1 aromatic carbocycles. The van der Waals surface area contributed by atoms with Crippen molar-refractivity contribution in [3.05, 3.63) is 17.7 Å². The van der Waals surface area contributed by atoms with Crippen molar-refractivity contribution < 1.29 is 42.1 Å². The van der Waals surface area contributed by atoms with Crippen molar-refractivity contribution >= 4 is 24.5 Å². The first-order chi connectivity index (χ1) is 14.0. The lowest BCUT2D eigenvalue weighted by Crippen LogP contribution is -2.40. The van der Waals surface area contributed by atoms with E-state index in [-0.39, 0.29) is 23.1 Å². The molecule has 3 rings (SSSR count). The molecule has 9 nitrogen and oxygen atoms in total. The maximum Gasteiger partial charge on any atom is 0.586 e. The number of carbonyl (C=O) groups excluding carboxylic acids is 3. The van der Waals surface area contributed by atoms with E-state index in [0.29, 0.717) is 38.0 Å². The predicted molar refractivity (Wildman–Crippen MR) is 101 cm³/mol. The van der Waals surface area contributed by atoms with Gasteiger partial charge in [-0.1, -0.05) is 0 Å². The van der Waals surface area contributed by atoms with Gasteiger partial charge in [-0.2, -0.15) is 0 Å². The van der Waals surface area contributed by atoms with Crippen LogP contribution in [-0.4, -0.2) is 57.0 Å². The summed E-state index contributed by atoms with van der Waals surface area (Å²) < 4.78 is 44.4. The number of nitrogens with zero attached hydrogens (tertiary/aromatic N) is 1. The van der Waals surface area contributed by atoms with E-state index in [0.717, 1.165) is 0 Å². The normalized spacial score (nSPS) is 18.7. The average Bonchev–Trinajstić information content (AvgIpc) is 3.21. The van der Waals surface area contributed by atoms with E-state index < -0.39 is 18.0 Å². The number of amides is 1. The molecule has 1 saturated heterocycles. The van der Waals surface area contributed by atoms with Crippen molar-refractivity contribution in [1.82, 2.24) is 5.32 Å². The Morgan fingerprint density at radius 2 is 1.97 bits per heavy atom. The van der Waals surface area contributed by atoms with Gasteiger partial charge in [0.05, 0.1) is 24.4 Å². The van der Waals surface area contributed by atoms with Crippen LogP contribution in [0.15, 0.2) is 12.1 Å². The summed E-state index contributed by atoms with van der Waals surface area (Å²) >= 11 is 0. The Bertz CT molecular complexity index is 796. The Morgan fingerprint density at radius 1 is 1.30 bits per heavy atom. The minimum atomic E-state index is -3.79. The molecule has 0 aliphatic carbocycles. The third-order valence-electron chi connectivity index (χ3n) is 4.05. The van der Waals surface area contributed by atoms with Crippen LogP contribution in [0.4, 0.5) is 19.3 Å². The number of rotatable bonds is 4. The molecule has 0 aromatic heterocycles. The molecule has 2 aliphatic rings. The fraction of sp³-hybridized carbons (Fsp3) is 0.526. The molecule has 1 fully saturated rings. The third-order valence-corrected chi connectivity index (χ3v) is 4.05. The molecule has 0 radical (unpaired) electrons. The zero-order chi connectivity index (χ0) is 22.5. The quantitative estimate of drug-likeness (QED) is 0.728. The van der Waals surface area contributed by atoms with Gasteiger partial charge in [0.2, 0.25) is 0 Å². The summed E-state index contributed by atoms with van der Waals surface area (Å²) in [5.41, 5.74) is -0.151. The lowest BCUT2D eigenvalue weighted by atomic mass is 10.1. The number of methoxy groups -OCH3 is 1. The van der Waals surface area contributed by atoms with Crippen LogP contribution in [0.25, 0.3) is 0 Å². The molecule has 0 saturated carbocycles. The first-order valence-corrected chi connectivity index (χ1v) is 9.08. The van der Waals surface area contributed by atoms with Crippen LogP contribution in [0, 0.1) is 0 Å². The molecule has 1 amide bonds. The largest absolute Gasteiger partial charge is 0.586 e. The lowest BCUT2D eigenvalue weighted by molar-refractivity contribution is -0.286. The van der Waals surface area contributed by atoms with E-state index in [1.807, 2.05) is 4.90 Å². The number of carbonyl (C=O) groups is 3. The molecule has 30 heavy (non-hydrogen) atoms. The summed E-state index contributed by atoms with van der Waals surface area (Å²) in [6, 6.07) is 2.69. The first kappa shape index (κ1) is 23.2. The van der Waals surface area contributed by atoms with Crippen molar-refractivity contribution in [2.24, 2.45) is 0 Å². The number of hydrogen-bond donors (Lipinski definition) is 1. The number of nitrogens with one attached hydrogen (secondary N) is 1. The van der Waals surface area contributed by atoms with Gasteiger partial charge in [0.25, 0.3) is 6.47 Å². The van der Waals surface area contributed by atoms with Crippen molar-refractivity contribution in [3.8, 4) is 11.5 Å². The minimum absolute atomic E-state index is 0.00223. The maximum atomic E-state index is 13.3. The fourth-order valence-electron chi connectivity index (χ4n) is 2.98. The molecule has 0 spiro atoms. The third kappa shape index (κ3) is 5.94. The van der Waals surface area contributed by atoms with E-state index >= 15 is 0 Å². The van der Waals surface area contributed by atoms with Crippen LogP contribution in [0.2, 0.25) is 0 Å². The molecule has 11 heteroatoms. The average molecular weight is 430 g/mol. The van der Waals surface area contributed by atoms with Crippen molar-refractivity contribution in [3.63, 3.8) is 0 Å². The number of ether oxygens (including phenoxy) is 4. The summed E-state index contributed by atoms with van der Waals surface area (Å²) in [6.07, 6.45) is -3.22.